The summed E-state index contributed by atoms with van der Waals surface area (Å²) in [4.78, 5) is 24.9. The molecule has 0 aromatic heterocycles. The zero-order valence-corrected chi connectivity index (χ0v) is 22.6. The van der Waals surface area contributed by atoms with Gasteiger partial charge >= 0.3 is 24.8 Å². The molecule has 0 aliphatic heterocycles. The fourth-order valence-corrected chi connectivity index (χ4v) is 6.29. The zero-order valence-electron chi connectivity index (χ0n) is 21.0. The third kappa shape index (κ3) is 9.49. The molecule has 37 heavy (non-hydrogen) atoms. The summed E-state index contributed by atoms with van der Waals surface area (Å²) in [5.41, 5.74) is 3.20. The summed E-state index contributed by atoms with van der Waals surface area (Å²) in [5, 5.41) is 12.2. The van der Waals surface area contributed by atoms with E-state index in [1.807, 2.05) is 37.4 Å². The molecule has 1 unspecified atom stereocenters. The maximum absolute atomic E-state index is 13.2. The summed E-state index contributed by atoms with van der Waals surface area (Å²) >= 11 is 1.51. The first-order chi connectivity index (χ1) is 17.2. The molecule has 1 fully saturated rings. The van der Waals surface area contributed by atoms with Gasteiger partial charge in [-0.3, -0.25) is 4.79 Å². The van der Waals surface area contributed by atoms with Crippen LogP contribution in [-0.2, 0) is 20.6 Å². The molecule has 1 aliphatic rings. The van der Waals surface area contributed by atoms with Gasteiger partial charge in [0.25, 0.3) is 5.91 Å². The second kappa shape index (κ2) is 15.0. The van der Waals surface area contributed by atoms with E-state index in [2.05, 4.69) is 10.0 Å². The minimum atomic E-state index is -3.55. The number of amides is 1. The van der Waals surface area contributed by atoms with Gasteiger partial charge in [-0.05, 0) is 78.5 Å². The van der Waals surface area contributed by atoms with Crippen LogP contribution in [0.4, 0.5) is 0 Å². The predicted molar refractivity (Wildman–Crippen MR) is 153 cm³/mol. The van der Waals surface area contributed by atoms with Crippen molar-refractivity contribution in [1.82, 2.24) is 10.0 Å². The topological polar surface area (TPSA) is 113 Å². The fourth-order valence-electron chi connectivity index (χ4n) is 4.61. The number of rotatable bonds is 12. The molecule has 10 heteroatoms. The van der Waals surface area contributed by atoms with Crippen LogP contribution in [0.1, 0.15) is 60.0 Å². The van der Waals surface area contributed by atoms with E-state index in [0.717, 1.165) is 36.8 Å². The number of benzene rings is 2. The van der Waals surface area contributed by atoms with Crippen molar-refractivity contribution in [2.24, 2.45) is 5.92 Å². The van der Waals surface area contributed by atoms with Crippen LogP contribution < -0.4 is 10.0 Å². The predicted octanol–water partition coefficient (Wildman–Crippen LogP) is 3.95. The molecule has 2 aromatic carbocycles. The van der Waals surface area contributed by atoms with Crippen molar-refractivity contribution < 1.29 is 23.1 Å². The van der Waals surface area contributed by atoms with Crippen molar-refractivity contribution in [2.45, 2.75) is 57.2 Å². The number of carboxylic acids is 1. The van der Waals surface area contributed by atoms with Gasteiger partial charge in [-0.1, -0.05) is 49.6 Å². The van der Waals surface area contributed by atoms with Gasteiger partial charge in [-0.15, -0.1) is 0 Å². The van der Waals surface area contributed by atoms with Gasteiger partial charge in [0.1, 0.15) is 6.04 Å². The third-order valence-electron chi connectivity index (χ3n) is 6.65. The number of thioether (sulfide) groups is 1. The van der Waals surface area contributed by atoms with Crippen LogP contribution in [0.5, 0.6) is 0 Å². The average Bonchev–Trinajstić information content (AvgIpc) is 2.85. The Balaban J connectivity index is 0.00000481. The molecule has 7 nitrogen and oxygen atoms in total. The number of nitrogens with one attached hydrogen (secondary N) is 2. The van der Waals surface area contributed by atoms with Crippen LogP contribution >= 0.6 is 11.8 Å². The van der Waals surface area contributed by atoms with Crippen molar-refractivity contribution >= 4 is 52.5 Å². The Morgan fingerprint density at radius 2 is 1.78 bits per heavy atom. The number of aliphatic carboxylic acids is 1. The van der Waals surface area contributed by atoms with Crippen molar-refractivity contribution in [1.29, 1.82) is 0 Å². The first kappa shape index (κ1) is 31.5. The fraction of sp³-hybridized carbons (Fsp3) is 0.481. The molecular weight excluding hydrogens is 503 g/mol. The van der Waals surface area contributed by atoms with E-state index in [9.17, 15) is 23.1 Å². The molecule has 1 atom stereocenters. The normalized spacial score (nSPS) is 15.0. The molecule has 1 saturated carbocycles. The quantitative estimate of drug-likeness (QED) is 0.352. The van der Waals surface area contributed by atoms with E-state index in [4.69, 9.17) is 0 Å². The van der Waals surface area contributed by atoms with Gasteiger partial charge in [0.05, 0.1) is 5.75 Å². The number of aryl methyl sites for hydroxylation is 1. The summed E-state index contributed by atoms with van der Waals surface area (Å²) in [6.07, 6.45) is 7.82. The summed E-state index contributed by atoms with van der Waals surface area (Å²) < 4.78 is 28.4. The number of carbonyl (C=O) groups is 2. The number of carbonyl (C=O) groups excluding carboxylic acids is 1. The molecule has 1 aliphatic carbocycles. The second-order valence-corrected chi connectivity index (χ2v) is 12.2. The number of hydrogen-bond donors (Lipinski definition) is 3. The Labute approximate surface area is 236 Å². The minimum absolute atomic E-state index is 0. The maximum atomic E-state index is 13.2. The van der Waals surface area contributed by atoms with Crippen LogP contribution in [0, 0.1) is 12.8 Å². The Bertz CT molecular complexity index is 1170. The summed E-state index contributed by atoms with van der Waals surface area (Å²) in [6, 6.07) is 11.5. The molecule has 0 bridgehead atoms. The van der Waals surface area contributed by atoms with Gasteiger partial charge in [-0.25, -0.2) is 17.9 Å². The Morgan fingerprint density at radius 3 is 2.43 bits per heavy atom. The molecule has 0 spiro atoms. The van der Waals surface area contributed by atoms with Gasteiger partial charge in [0.2, 0.25) is 10.0 Å². The molecule has 0 heterocycles. The standard InChI is InChI=1S/C27H36N2O5S2.Li.H/c1-19-8-6-7-11-22(19)24-16-21(18-36(33,34)28-17-20-9-4-3-5-10-20)12-13-23(24)26(30)29-25(27(31)32)14-15-35-2;;/h6-8,11-13,16,20,25,28H,3-5,9-10,14-15,17-18H2,1-2H3,(H,29,30)(H,31,32);;. The monoisotopic (exact) mass is 540 g/mol. The van der Waals surface area contributed by atoms with Gasteiger partial charge in [0.15, 0.2) is 0 Å². The number of carboxylic acid groups (broad SMARTS) is 1. The van der Waals surface area contributed by atoms with Crippen molar-refractivity contribution in [2.75, 3.05) is 18.6 Å². The first-order valence-electron chi connectivity index (χ1n) is 12.4. The van der Waals surface area contributed by atoms with Crippen LogP contribution in [0.25, 0.3) is 11.1 Å². The summed E-state index contributed by atoms with van der Waals surface area (Å²) in [5.74, 6) is -0.776. The Kier molecular flexibility index (Phi) is 12.7. The SMILES string of the molecule is CSCCC(NC(=O)c1ccc(CS(=O)(=O)NCC2CCCCC2)cc1-c1ccccc1C)C(=O)O.[LiH]. The molecule has 0 saturated heterocycles. The van der Waals surface area contributed by atoms with Crippen LogP contribution in [0.15, 0.2) is 42.5 Å². The van der Waals surface area contributed by atoms with Gasteiger partial charge in [-0.2, -0.15) is 11.8 Å². The number of sulfonamides is 1. The molecule has 0 radical (unpaired) electrons. The number of hydrogen-bond acceptors (Lipinski definition) is 5. The zero-order chi connectivity index (χ0) is 26.1. The van der Waals surface area contributed by atoms with Crippen molar-refractivity contribution in [3.63, 3.8) is 0 Å². The molecular formula is C27H37LiN2O5S2. The molecule has 198 valence electrons. The molecule has 3 N–H and O–H groups in total. The van der Waals surface area contributed by atoms with E-state index in [-0.39, 0.29) is 24.6 Å². The van der Waals surface area contributed by atoms with E-state index in [1.54, 1.807) is 18.2 Å². The Hall–Kier alpha value is -1.76. The molecule has 2 aromatic rings. The van der Waals surface area contributed by atoms with Crippen molar-refractivity contribution in [3.8, 4) is 11.1 Å². The third-order valence-corrected chi connectivity index (χ3v) is 8.62. The van der Waals surface area contributed by atoms with E-state index < -0.39 is 27.9 Å². The van der Waals surface area contributed by atoms with Gasteiger partial charge < -0.3 is 10.4 Å². The second-order valence-electron chi connectivity index (χ2n) is 9.45. The Morgan fingerprint density at radius 1 is 1.08 bits per heavy atom. The average molecular weight is 541 g/mol. The summed E-state index contributed by atoms with van der Waals surface area (Å²) in [7, 11) is -3.55. The van der Waals surface area contributed by atoms with E-state index in [0.29, 0.717) is 41.3 Å². The van der Waals surface area contributed by atoms with Crippen LogP contribution in [0.3, 0.4) is 0 Å². The van der Waals surface area contributed by atoms with E-state index in [1.165, 1.54) is 18.2 Å². The van der Waals surface area contributed by atoms with Crippen molar-refractivity contribution in [3.05, 3.63) is 59.2 Å². The van der Waals surface area contributed by atoms with E-state index >= 15 is 0 Å². The first-order valence-corrected chi connectivity index (χ1v) is 15.4. The summed E-state index contributed by atoms with van der Waals surface area (Å²) in [6.45, 7) is 2.38. The molecule has 3 rings (SSSR count). The molecule has 1 amide bonds. The van der Waals surface area contributed by atoms with Crippen LogP contribution in [-0.4, -0.2) is 68.9 Å². The van der Waals surface area contributed by atoms with Crippen LogP contribution in [0.2, 0.25) is 0 Å². The van der Waals surface area contributed by atoms with Gasteiger partial charge in [0, 0.05) is 12.1 Å².